The third kappa shape index (κ3) is 2.76. The van der Waals surface area contributed by atoms with E-state index in [2.05, 4.69) is 0 Å². The lowest BCUT2D eigenvalue weighted by molar-refractivity contribution is 0.0987. The van der Waals surface area contributed by atoms with E-state index >= 15 is 0 Å². The first-order valence-corrected chi connectivity index (χ1v) is 5.86. The van der Waals surface area contributed by atoms with Gasteiger partial charge in [0, 0.05) is 0 Å². The molecule has 0 saturated carbocycles. The Hall–Kier alpha value is -2.90. The highest BCUT2D eigenvalue weighted by Gasteiger charge is 2.21. The van der Waals surface area contributed by atoms with Crippen LogP contribution in [0.3, 0.4) is 0 Å². The number of benzene rings is 2. The maximum atomic E-state index is 13.9. The molecule has 0 atom stereocenters. The van der Waals surface area contributed by atoms with Gasteiger partial charge >= 0.3 is 0 Å². The molecule has 0 aromatic heterocycles. The number of halogens is 4. The molecule has 0 spiro atoms. The molecule has 2 aromatic rings. The van der Waals surface area contributed by atoms with Crippen LogP contribution in [0.4, 0.5) is 23.2 Å². The lowest BCUT2D eigenvalue weighted by Crippen LogP contribution is -2.19. The highest BCUT2D eigenvalue weighted by Crippen LogP contribution is 2.22. The van der Waals surface area contributed by atoms with Crippen LogP contribution in [0.5, 0.6) is 0 Å². The van der Waals surface area contributed by atoms with Crippen molar-refractivity contribution in [1.82, 2.24) is 0 Å². The number of anilines is 1. The predicted octanol–water partition coefficient (Wildman–Crippen LogP) is 2.59. The quantitative estimate of drug-likeness (QED) is 0.855. The number of hydrogen-bond donors (Lipinski definition) is 2. The average Bonchev–Trinajstić information content (AvgIpc) is 2.44. The Morgan fingerprint density at radius 1 is 0.909 bits per heavy atom. The summed E-state index contributed by atoms with van der Waals surface area (Å²) in [5.41, 5.74) is 2.51. The van der Waals surface area contributed by atoms with E-state index in [1.807, 2.05) is 5.32 Å². The number of nitrogens with two attached hydrogens (primary N) is 1. The van der Waals surface area contributed by atoms with E-state index in [4.69, 9.17) is 5.73 Å². The lowest BCUT2D eigenvalue weighted by atomic mass is 10.1. The van der Waals surface area contributed by atoms with E-state index in [-0.39, 0.29) is 0 Å². The molecule has 0 radical (unpaired) electrons. The van der Waals surface area contributed by atoms with Gasteiger partial charge in [0.2, 0.25) is 0 Å². The standard InChI is InChI=1S/C14H8F4N2O2/c15-7-4-5-9(12(18)10(7)13(19)21)20-14(22)6-2-1-3-8(16)11(6)17/h1-5H,(H2,19,21)(H,20,22). The zero-order chi connectivity index (χ0) is 16.4. The zero-order valence-electron chi connectivity index (χ0n) is 10.8. The molecular formula is C14H8F4N2O2. The molecule has 0 bridgehead atoms. The fraction of sp³-hybridized carbons (Fsp3) is 0. The van der Waals surface area contributed by atoms with Crippen LogP contribution in [0.25, 0.3) is 0 Å². The van der Waals surface area contributed by atoms with Crippen LogP contribution in [0, 0.1) is 23.3 Å². The molecule has 0 aliphatic carbocycles. The van der Waals surface area contributed by atoms with Gasteiger partial charge in [-0.3, -0.25) is 9.59 Å². The van der Waals surface area contributed by atoms with Crippen molar-refractivity contribution in [3.63, 3.8) is 0 Å². The molecule has 2 amide bonds. The van der Waals surface area contributed by atoms with Gasteiger partial charge in [-0.2, -0.15) is 0 Å². The smallest absolute Gasteiger partial charge is 0.258 e. The minimum Gasteiger partial charge on any atom is -0.365 e. The Kier molecular flexibility index (Phi) is 4.11. The first-order valence-electron chi connectivity index (χ1n) is 5.86. The number of primary amides is 1. The van der Waals surface area contributed by atoms with Gasteiger partial charge in [0.15, 0.2) is 17.5 Å². The predicted molar refractivity (Wildman–Crippen MR) is 69.2 cm³/mol. The fourth-order valence-electron chi connectivity index (χ4n) is 1.74. The third-order valence-corrected chi connectivity index (χ3v) is 2.78. The Balaban J connectivity index is 2.39. The second-order valence-corrected chi connectivity index (χ2v) is 4.20. The van der Waals surface area contributed by atoms with Gasteiger partial charge in [0.05, 0.1) is 11.3 Å². The molecule has 2 aromatic carbocycles. The molecule has 3 N–H and O–H groups in total. The van der Waals surface area contributed by atoms with Crippen LogP contribution in [-0.4, -0.2) is 11.8 Å². The fourth-order valence-corrected chi connectivity index (χ4v) is 1.74. The molecule has 2 rings (SSSR count). The highest BCUT2D eigenvalue weighted by atomic mass is 19.2. The molecule has 0 fully saturated rings. The van der Waals surface area contributed by atoms with Gasteiger partial charge in [0.25, 0.3) is 11.8 Å². The van der Waals surface area contributed by atoms with Gasteiger partial charge in [0.1, 0.15) is 11.4 Å². The Morgan fingerprint density at radius 3 is 2.23 bits per heavy atom. The number of amides is 2. The van der Waals surface area contributed by atoms with Gasteiger partial charge in [-0.05, 0) is 24.3 Å². The Morgan fingerprint density at radius 2 is 1.59 bits per heavy atom. The van der Waals surface area contributed by atoms with Crippen LogP contribution in [0.2, 0.25) is 0 Å². The Bertz CT molecular complexity index is 778. The highest BCUT2D eigenvalue weighted by molar-refractivity contribution is 6.05. The molecule has 0 aliphatic heterocycles. The Labute approximate surface area is 121 Å². The second-order valence-electron chi connectivity index (χ2n) is 4.20. The second kappa shape index (κ2) is 5.84. The van der Waals surface area contributed by atoms with E-state index < -0.39 is 51.9 Å². The zero-order valence-corrected chi connectivity index (χ0v) is 10.8. The van der Waals surface area contributed by atoms with E-state index in [1.165, 1.54) is 0 Å². The van der Waals surface area contributed by atoms with Crippen LogP contribution < -0.4 is 11.1 Å². The number of rotatable bonds is 3. The van der Waals surface area contributed by atoms with Gasteiger partial charge < -0.3 is 11.1 Å². The summed E-state index contributed by atoms with van der Waals surface area (Å²) in [7, 11) is 0. The van der Waals surface area contributed by atoms with E-state index in [1.54, 1.807) is 0 Å². The summed E-state index contributed by atoms with van der Waals surface area (Å²) >= 11 is 0. The summed E-state index contributed by atoms with van der Waals surface area (Å²) in [6, 6.07) is 4.40. The molecular weight excluding hydrogens is 304 g/mol. The molecule has 0 unspecified atom stereocenters. The van der Waals surface area contributed by atoms with Gasteiger partial charge in [-0.15, -0.1) is 0 Å². The lowest BCUT2D eigenvalue weighted by Gasteiger charge is -2.10. The summed E-state index contributed by atoms with van der Waals surface area (Å²) in [6.45, 7) is 0. The summed E-state index contributed by atoms with van der Waals surface area (Å²) in [4.78, 5) is 22.8. The van der Waals surface area contributed by atoms with Crippen molar-refractivity contribution in [3.8, 4) is 0 Å². The van der Waals surface area contributed by atoms with Crippen molar-refractivity contribution in [2.75, 3.05) is 5.32 Å². The molecule has 22 heavy (non-hydrogen) atoms. The molecule has 8 heteroatoms. The molecule has 0 heterocycles. The van der Waals surface area contributed by atoms with E-state index in [0.29, 0.717) is 6.07 Å². The summed E-state index contributed by atoms with van der Waals surface area (Å²) in [5.74, 6) is -7.83. The van der Waals surface area contributed by atoms with Crippen molar-refractivity contribution < 1.29 is 27.2 Å². The molecule has 114 valence electrons. The molecule has 0 aliphatic rings. The number of hydrogen-bond acceptors (Lipinski definition) is 2. The van der Waals surface area contributed by atoms with Crippen molar-refractivity contribution in [3.05, 3.63) is 64.7 Å². The van der Waals surface area contributed by atoms with E-state index in [9.17, 15) is 27.2 Å². The average molecular weight is 312 g/mol. The summed E-state index contributed by atoms with van der Waals surface area (Å²) in [6.07, 6.45) is 0. The maximum Gasteiger partial charge on any atom is 0.258 e. The molecule has 4 nitrogen and oxygen atoms in total. The maximum absolute atomic E-state index is 13.9. The van der Waals surface area contributed by atoms with Gasteiger partial charge in [-0.1, -0.05) is 6.07 Å². The van der Waals surface area contributed by atoms with Crippen LogP contribution in [-0.2, 0) is 0 Å². The van der Waals surface area contributed by atoms with Crippen LogP contribution in [0.1, 0.15) is 20.7 Å². The first kappa shape index (κ1) is 15.5. The number of nitrogens with one attached hydrogen (secondary N) is 1. The first-order chi connectivity index (χ1) is 10.3. The molecule has 0 saturated heterocycles. The largest absolute Gasteiger partial charge is 0.365 e. The minimum atomic E-state index is -1.42. The van der Waals surface area contributed by atoms with Crippen LogP contribution in [0.15, 0.2) is 30.3 Å². The SMILES string of the molecule is NC(=O)c1c(F)ccc(NC(=O)c2cccc(F)c2F)c1F. The van der Waals surface area contributed by atoms with Crippen molar-refractivity contribution in [2.45, 2.75) is 0 Å². The minimum absolute atomic E-state index is 0.594. The summed E-state index contributed by atoms with van der Waals surface area (Å²) in [5, 5.41) is 1.92. The van der Waals surface area contributed by atoms with Crippen molar-refractivity contribution >= 4 is 17.5 Å². The van der Waals surface area contributed by atoms with Crippen molar-refractivity contribution in [2.24, 2.45) is 5.73 Å². The number of carbonyl (C=O) groups is 2. The number of carbonyl (C=O) groups excluding carboxylic acids is 2. The van der Waals surface area contributed by atoms with Crippen LogP contribution >= 0.6 is 0 Å². The third-order valence-electron chi connectivity index (χ3n) is 2.78. The van der Waals surface area contributed by atoms with E-state index in [0.717, 1.165) is 24.3 Å². The normalized spacial score (nSPS) is 10.4. The topological polar surface area (TPSA) is 72.2 Å². The summed E-state index contributed by atoms with van der Waals surface area (Å²) < 4.78 is 53.7. The monoisotopic (exact) mass is 312 g/mol. The van der Waals surface area contributed by atoms with Gasteiger partial charge in [-0.25, -0.2) is 17.6 Å². The van der Waals surface area contributed by atoms with Crippen molar-refractivity contribution in [1.29, 1.82) is 0 Å².